The van der Waals surface area contributed by atoms with Gasteiger partial charge in [-0.2, -0.15) is 0 Å². The lowest BCUT2D eigenvalue weighted by Gasteiger charge is -2.24. The molecule has 0 bridgehead atoms. The summed E-state index contributed by atoms with van der Waals surface area (Å²) in [7, 11) is 1.75. The third-order valence-corrected chi connectivity index (χ3v) is 3.43. The highest BCUT2D eigenvalue weighted by atomic mass is 16.5. The van der Waals surface area contributed by atoms with Crippen LogP contribution < -0.4 is 5.73 Å². The average Bonchev–Trinajstić information content (AvgIpc) is 2.36. The van der Waals surface area contributed by atoms with Crippen molar-refractivity contribution >= 4 is 0 Å². The Kier molecular flexibility index (Phi) is 5.16. The van der Waals surface area contributed by atoms with E-state index in [-0.39, 0.29) is 11.6 Å². The zero-order valence-corrected chi connectivity index (χ0v) is 11.5. The van der Waals surface area contributed by atoms with Crippen molar-refractivity contribution < 1.29 is 4.74 Å². The quantitative estimate of drug-likeness (QED) is 0.819. The smallest absolute Gasteiger partial charge is 0.0623 e. The van der Waals surface area contributed by atoms with Crippen molar-refractivity contribution in [3.63, 3.8) is 0 Å². The molecule has 2 N–H and O–H groups in total. The Morgan fingerprint density at radius 2 is 1.82 bits per heavy atom. The van der Waals surface area contributed by atoms with Gasteiger partial charge in [0, 0.05) is 13.2 Å². The second kappa shape index (κ2) is 6.18. The van der Waals surface area contributed by atoms with Crippen molar-refractivity contribution in [2.45, 2.75) is 51.7 Å². The van der Waals surface area contributed by atoms with E-state index >= 15 is 0 Å². The first-order chi connectivity index (χ1) is 7.98. The normalized spacial score (nSPS) is 13.7. The zero-order valence-electron chi connectivity index (χ0n) is 11.5. The molecule has 0 aromatic heterocycles. The molecule has 0 aliphatic rings. The molecule has 0 saturated heterocycles. The number of methoxy groups -OCH3 is 1. The highest BCUT2D eigenvalue weighted by Gasteiger charge is 2.18. The first-order valence-corrected chi connectivity index (χ1v) is 6.38. The van der Waals surface area contributed by atoms with E-state index in [1.807, 2.05) is 0 Å². The molecule has 1 unspecified atom stereocenters. The van der Waals surface area contributed by atoms with Crippen LogP contribution >= 0.6 is 0 Å². The Morgan fingerprint density at radius 3 is 2.29 bits per heavy atom. The van der Waals surface area contributed by atoms with Crippen LogP contribution in [-0.4, -0.2) is 12.7 Å². The lowest BCUT2D eigenvalue weighted by Crippen LogP contribution is -2.24. The van der Waals surface area contributed by atoms with Crippen molar-refractivity contribution in [2.24, 2.45) is 5.73 Å². The molecular weight excluding hydrogens is 210 g/mol. The van der Waals surface area contributed by atoms with E-state index in [0.29, 0.717) is 0 Å². The standard InChI is InChI=1S/C15H25NO/c1-5-12-6-8-13(9-7-12)14(16)10-11-15(2,3)17-4/h6-9,14H,5,10-11,16H2,1-4H3. The summed E-state index contributed by atoms with van der Waals surface area (Å²) in [6.45, 7) is 6.36. The maximum Gasteiger partial charge on any atom is 0.0623 e. The average molecular weight is 235 g/mol. The second-order valence-corrected chi connectivity index (χ2v) is 5.20. The largest absolute Gasteiger partial charge is 0.379 e. The third-order valence-electron chi connectivity index (χ3n) is 3.43. The van der Waals surface area contributed by atoms with Gasteiger partial charge in [0.05, 0.1) is 5.60 Å². The molecule has 0 aliphatic carbocycles. The number of hydrogen-bond donors (Lipinski definition) is 1. The van der Waals surface area contributed by atoms with Crippen LogP contribution in [0.2, 0.25) is 0 Å². The van der Waals surface area contributed by atoms with Crippen molar-refractivity contribution in [3.8, 4) is 0 Å². The monoisotopic (exact) mass is 235 g/mol. The van der Waals surface area contributed by atoms with E-state index in [9.17, 15) is 0 Å². The van der Waals surface area contributed by atoms with Gasteiger partial charge in [-0.25, -0.2) is 0 Å². The summed E-state index contributed by atoms with van der Waals surface area (Å²) in [4.78, 5) is 0. The first kappa shape index (κ1) is 14.2. The van der Waals surface area contributed by atoms with Crippen LogP contribution in [0.25, 0.3) is 0 Å². The molecular formula is C15H25NO. The van der Waals surface area contributed by atoms with Crippen LogP contribution in [0.5, 0.6) is 0 Å². The molecule has 17 heavy (non-hydrogen) atoms. The third kappa shape index (κ3) is 4.49. The predicted molar refractivity (Wildman–Crippen MR) is 73.1 cm³/mol. The number of benzene rings is 1. The molecule has 0 aliphatic heterocycles. The van der Waals surface area contributed by atoms with Gasteiger partial charge in [0.25, 0.3) is 0 Å². The molecule has 0 fully saturated rings. The van der Waals surface area contributed by atoms with Crippen LogP contribution in [0.15, 0.2) is 24.3 Å². The van der Waals surface area contributed by atoms with Gasteiger partial charge in [-0.15, -0.1) is 0 Å². The van der Waals surface area contributed by atoms with Crippen molar-refractivity contribution in [1.29, 1.82) is 0 Å². The van der Waals surface area contributed by atoms with Crippen LogP contribution in [0.3, 0.4) is 0 Å². The van der Waals surface area contributed by atoms with Crippen LogP contribution in [0, 0.1) is 0 Å². The summed E-state index contributed by atoms with van der Waals surface area (Å²) in [5, 5.41) is 0. The highest BCUT2D eigenvalue weighted by Crippen LogP contribution is 2.23. The molecule has 1 rings (SSSR count). The maximum atomic E-state index is 6.19. The topological polar surface area (TPSA) is 35.2 Å². The lowest BCUT2D eigenvalue weighted by atomic mass is 9.95. The van der Waals surface area contributed by atoms with E-state index in [1.165, 1.54) is 11.1 Å². The minimum absolute atomic E-state index is 0.0824. The van der Waals surface area contributed by atoms with Crippen molar-refractivity contribution in [1.82, 2.24) is 0 Å². The first-order valence-electron chi connectivity index (χ1n) is 6.38. The zero-order chi connectivity index (χ0) is 12.9. The molecule has 0 heterocycles. The SMILES string of the molecule is CCc1ccc(C(N)CCC(C)(C)OC)cc1. The predicted octanol–water partition coefficient (Wildman–Crippen LogP) is 3.45. The Hall–Kier alpha value is -0.860. The Balaban J connectivity index is 2.54. The number of aryl methyl sites for hydroxylation is 1. The minimum Gasteiger partial charge on any atom is -0.379 e. The summed E-state index contributed by atoms with van der Waals surface area (Å²) in [5.74, 6) is 0. The molecule has 2 heteroatoms. The maximum absolute atomic E-state index is 6.19. The lowest BCUT2D eigenvalue weighted by molar-refractivity contribution is 0.0125. The number of nitrogens with two attached hydrogens (primary N) is 1. The minimum atomic E-state index is -0.0824. The van der Waals surface area contributed by atoms with Crippen LogP contribution in [0.4, 0.5) is 0 Å². The fourth-order valence-corrected chi connectivity index (χ4v) is 1.77. The van der Waals surface area contributed by atoms with Crippen molar-refractivity contribution in [2.75, 3.05) is 7.11 Å². The molecule has 2 nitrogen and oxygen atoms in total. The number of ether oxygens (including phenoxy) is 1. The van der Waals surface area contributed by atoms with E-state index in [2.05, 4.69) is 45.0 Å². The van der Waals surface area contributed by atoms with E-state index < -0.39 is 0 Å². The van der Waals surface area contributed by atoms with Gasteiger partial charge >= 0.3 is 0 Å². The molecule has 0 amide bonds. The van der Waals surface area contributed by atoms with E-state index in [4.69, 9.17) is 10.5 Å². The summed E-state index contributed by atoms with van der Waals surface area (Å²) in [6.07, 6.45) is 3.00. The van der Waals surface area contributed by atoms with Gasteiger partial charge in [-0.05, 0) is 44.2 Å². The molecule has 1 atom stereocenters. The van der Waals surface area contributed by atoms with E-state index in [1.54, 1.807) is 7.11 Å². The van der Waals surface area contributed by atoms with Gasteiger partial charge in [0.15, 0.2) is 0 Å². The van der Waals surface area contributed by atoms with Crippen LogP contribution in [-0.2, 0) is 11.2 Å². The molecule has 1 aromatic carbocycles. The molecule has 0 saturated carbocycles. The Bertz CT molecular complexity index is 329. The summed E-state index contributed by atoms with van der Waals surface area (Å²) in [5.41, 5.74) is 8.69. The fourth-order valence-electron chi connectivity index (χ4n) is 1.77. The summed E-state index contributed by atoms with van der Waals surface area (Å²) < 4.78 is 5.40. The summed E-state index contributed by atoms with van der Waals surface area (Å²) >= 11 is 0. The summed E-state index contributed by atoms with van der Waals surface area (Å²) in [6, 6.07) is 8.72. The van der Waals surface area contributed by atoms with Gasteiger partial charge in [0.1, 0.15) is 0 Å². The second-order valence-electron chi connectivity index (χ2n) is 5.20. The number of hydrogen-bond acceptors (Lipinski definition) is 2. The molecule has 1 aromatic rings. The molecule has 0 spiro atoms. The Morgan fingerprint density at radius 1 is 1.24 bits per heavy atom. The van der Waals surface area contributed by atoms with Gasteiger partial charge in [-0.1, -0.05) is 31.2 Å². The fraction of sp³-hybridized carbons (Fsp3) is 0.600. The van der Waals surface area contributed by atoms with Crippen molar-refractivity contribution in [3.05, 3.63) is 35.4 Å². The molecule has 0 radical (unpaired) electrons. The molecule has 96 valence electrons. The van der Waals surface area contributed by atoms with Gasteiger partial charge in [0.2, 0.25) is 0 Å². The van der Waals surface area contributed by atoms with E-state index in [0.717, 1.165) is 19.3 Å². The highest BCUT2D eigenvalue weighted by molar-refractivity contribution is 5.24. The van der Waals surface area contributed by atoms with Crippen LogP contribution in [0.1, 0.15) is 50.8 Å². The van der Waals surface area contributed by atoms with Gasteiger partial charge in [-0.3, -0.25) is 0 Å². The Labute approximate surface area is 105 Å². The van der Waals surface area contributed by atoms with Gasteiger partial charge < -0.3 is 10.5 Å². The number of rotatable bonds is 6.